The van der Waals surface area contributed by atoms with Crippen molar-refractivity contribution < 1.29 is 4.84 Å². The molecule has 0 saturated heterocycles. The summed E-state index contributed by atoms with van der Waals surface area (Å²) in [5.74, 6) is 6.35. The molecule has 0 aliphatic rings. The zero-order valence-corrected chi connectivity index (χ0v) is 10.1. The lowest BCUT2D eigenvalue weighted by Gasteiger charge is -2.12. The molecule has 0 radical (unpaired) electrons. The van der Waals surface area contributed by atoms with Gasteiger partial charge in [-0.05, 0) is 11.5 Å². The van der Waals surface area contributed by atoms with Crippen LogP contribution in [0, 0.1) is 0 Å². The highest BCUT2D eigenvalue weighted by Crippen LogP contribution is 2.29. The Bertz CT molecular complexity index is 305. The fraction of sp³-hybridized carbons (Fsp3) is 0.385. The molecule has 0 saturated carbocycles. The lowest BCUT2D eigenvalue weighted by atomic mass is 9.99. The van der Waals surface area contributed by atoms with Gasteiger partial charge in [-0.25, -0.2) is 0 Å². The summed E-state index contributed by atoms with van der Waals surface area (Å²) in [6, 6.07) is 5.93. The molecule has 0 aromatic heterocycles. The molecule has 0 heterocycles. The first-order valence-electron chi connectivity index (χ1n) is 5.32. The summed E-state index contributed by atoms with van der Waals surface area (Å²) in [5.41, 5.74) is 2.05. The van der Waals surface area contributed by atoms with Crippen molar-refractivity contribution in [3.05, 3.63) is 35.9 Å². The van der Waals surface area contributed by atoms with Crippen LogP contribution in [-0.4, -0.2) is 0 Å². The van der Waals surface area contributed by atoms with Gasteiger partial charge in [0.2, 0.25) is 0 Å². The summed E-state index contributed by atoms with van der Waals surface area (Å²) in [6.07, 6.45) is 1.74. The monoisotopic (exact) mass is 207 g/mol. The topological polar surface area (TPSA) is 35.2 Å². The minimum atomic E-state index is 0.401. The summed E-state index contributed by atoms with van der Waals surface area (Å²) in [6.45, 7) is 11.9. The third-order valence-electron chi connectivity index (χ3n) is 2.04. The van der Waals surface area contributed by atoms with Gasteiger partial charge < -0.3 is 4.84 Å². The Hall–Kier alpha value is -1.28. The molecule has 0 unspecified atom stereocenters. The summed E-state index contributed by atoms with van der Waals surface area (Å²) < 4.78 is 0. The maximum Gasteiger partial charge on any atom is 0.157 e. The molecular weight excluding hydrogens is 186 g/mol. The maximum atomic E-state index is 5.22. The van der Waals surface area contributed by atoms with Gasteiger partial charge in [0.05, 0.1) is 0 Å². The van der Waals surface area contributed by atoms with Gasteiger partial charge in [-0.3, -0.25) is 0 Å². The summed E-state index contributed by atoms with van der Waals surface area (Å²) >= 11 is 0. The second-order valence-electron chi connectivity index (χ2n) is 3.24. The SMILES string of the molecule is C=Cc1cccc(C(C)C)c1ON.CC. The van der Waals surface area contributed by atoms with E-state index < -0.39 is 0 Å². The summed E-state index contributed by atoms with van der Waals surface area (Å²) in [4.78, 5) is 4.86. The lowest BCUT2D eigenvalue weighted by molar-refractivity contribution is 0.328. The van der Waals surface area contributed by atoms with Crippen LogP contribution in [0.2, 0.25) is 0 Å². The fourth-order valence-electron chi connectivity index (χ4n) is 1.32. The van der Waals surface area contributed by atoms with E-state index >= 15 is 0 Å². The van der Waals surface area contributed by atoms with Crippen LogP contribution >= 0.6 is 0 Å². The predicted octanol–water partition coefficient (Wildman–Crippen LogP) is 3.73. The van der Waals surface area contributed by atoms with Gasteiger partial charge in [0.25, 0.3) is 0 Å². The Morgan fingerprint density at radius 3 is 2.33 bits per heavy atom. The van der Waals surface area contributed by atoms with Crippen molar-refractivity contribution >= 4 is 6.08 Å². The van der Waals surface area contributed by atoms with Gasteiger partial charge in [0, 0.05) is 5.56 Å². The van der Waals surface area contributed by atoms with Crippen LogP contribution in [-0.2, 0) is 0 Å². The van der Waals surface area contributed by atoms with E-state index in [1.807, 2.05) is 32.0 Å². The Kier molecular flexibility index (Phi) is 6.47. The van der Waals surface area contributed by atoms with Crippen molar-refractivity contribution in [2.75, 3.05) is 0 Å². The van der Waals surface area contributed by atoms with Crippen LogP contribution in [0.3, 0.4) is 0 Å². The lowest BCUT2D eigenvalue weighted by Crippen LogP contribution is -2.07. The van der Waals surface area contributed by atoms with E-state index in [1.165, 1.54) is 0 Å². The first-order chi connectivity index (χ1) is 7.20. The molecular formula is C13H21NO. The largest absolute Gasteiger partial charge is 0.411 e. The average Bonchev–Trinajstić information content (AvgIpc) is 2.30. The van der Waals surface area contributed by atoms with E-state index in [2.05, 4.69) is 20.4 Å². The predicted molar refractivity (Wildman–Crippen MR) is 66.8 cm³/mol. The van der Waals surface area contributed by atoms with E-state index in [-0.39, 0.29) is 0 Å². The molecule has 2 nitrogen and oxygen atoms in total. The molecule has 1 rings (SSSR count). The highest BCUT2D eigenvalue weighted by molar-refractivity contribution is 5.59. The van der Waals surface area contributed by atoms with E-state index in [1.54, 1.807) is 6.08 Å². The van der Waals surface area contributed by atoms with Crippen LogP contribution < -0.4 is 10.7 Å². The third-order valence-corrected chi connectivity index (χ3v) is 2.04. The summed E-state index contributed by atoms with van der Waals surface area (Å²) in [7, 11) is 0. The molecule has 0 bridgehead atoms. The first-order valence-corrected chi connectivity index (χ1v) is 5.32. The molecule has 15 heavy (non-hydrogen) atoms. The van der Waals surface area contributed by atoms with Crippen molar-refractivity contribution in [3.63, 3.8) is 0 Å². The second kappa shape index (κ2) is 7.07. The normalized spacial score (nSPS) is 9.20. The van der Waals surface area contributed by atoms with Crippen molar-refractivity contribution in [2.24, 2.45) is 5.90 Å². The van der Waals surface area contributed by atoms with Gasteiger partial charge in [-0.1, -0.05) is 58.5 Å². The second-order valence-corrected chi connectivity index (χ2v) is 3.24. The maximum absolute atomic E-state index is 5.22. The minimum absolute atomic E-state index is 0.401. The van der Waals surface area contributed by atoms with Crippen LogP contribution in [0.15, 0.2) is 24.8 Å². The average molecular weight is 207 g/mol. The fourth-order valence-corrected chi connectivity index (χ4v) is 1.32. The highest BCUT2D eigenvalue weighted by Gasteiger charge is 2.09. The van der Waals surface area contributed by atoms with Crippen molar-refractivity contribution in [2.45, 2.75) is 33.6 Å². The number of hydrogen-bond acceptors (Lipinski definition) is 2. The van der Waals surface area contributed by atoms with E-state index in [0.29, 0.717) is 5.92 Å². The number of hydrogen-bond donors (Lipinski definition) is 1. The molecule has 2 N–H and O–H groups in total. The van der Waals surface area contributed by atoms with Crippen LogP contribution in [0.5, 0.6) is 5.75 Å². The molecule has 0 atom stereocenters. The number of benzene rings is 1. The molecule has 0 aliphatic carbocycles. The number of nitrogens with two attached hydrogens (primary N) is 1. The van der Waals surface area contributed by atoms with E-state index in [4.69, 9.17) is 10.7 Å². The first kappa shape index (κ1) is 13.7. The Balaban J connectivity index is 0.000000921. The van der Waals surface area contributed by atoms with E-state index in [9.17, 15) is 0 Å². The Morgan fingerprint density at radius 2 is 1.93 bits per heavy atom. The Labute approximate surface area is 92.7 Å². The molecule has 0 spiro atoms. The molecule has 2 heteroatoms. The van der Waals surface area contributed by atoms with Gasteiger partial charge in [-0.2, -0.15) is 5.90 Å². The van der Waals surface area contributed by atoms with Gasteiger partial charge in [0.15, 0.2) is 5.75 Å². The zero-order valence-electron chi connectivity index (χ0n) is 10.1. The van der Waals surface area contributed by atoms with E-state index in [0.717, 1.165) is 16.9 Å². The van der Waals surface area contributed by atoms with Crippen LogP contribution in [0.1, 0.15) is 44.7 Å². The standard InChI is InChI=1S/C11H15NO.C2H6/c1-4-9-6-5-7-10(8(2)3)11(9)13-12;1-2/h4-8H,1,12H2,2-3H3;1-2H3. The highest BCUT2D eigenvalue weighted by atomic mass is 16.6. The molecule has 84 valence electrons. The van der Waals surface area contributed by atoms with Gasteiger partial charge in [-0.15, -0.1) is 0 Å². The van der Waals surface area contributed by atoms with Crippen molar-refractivity contribution in [1.82, 2.24) is 0 Å². The Morgan fingerprint density at radius 1 is 1.33 bits per heavy atom. The minimum Gasteiger partial charge on any atom is -0.411 e. The number of rotatable bonds is 3. The molecule has 1 aromatic rings. The zero-order chi connectivity index (χ0) is 11.8. The van der Waals surface area contributed by atoms with Crippen LogP contribution in [0.25, 0.3) is 6.08 Å². The van der Waals surface area contributed by atoms with Gasteiger partial charge >= 0.3 is 0 Å². The van der Waals surface area contributed by atoms with Gasteiger partial charge in [0.1, 0.15) is 0 Å². The quantitative estimate of drug-likeness (QED) is 0.766. The molecule has 1 aromatic carbocycles. The smallest absolute Gasteiger partial charge is 0.157 e. The van der Waals surface area contributed by atoms with Crippen molar-refractivity contribution in [3.8, 4) is 5.75 Å². The van der Waals surface area contributed by atoms with Crippen LogP contribution in [0.4, 0.5) is 0 Å². The summed E-state index contributed by atoms with van der Waals surface area (Å²) in [5, 5.41) is 0. The molecule has 0 amide bonds. The molecule has 0 fully saturated rings. The number of para-hydroxylation sites is 1. The van der Waals surface area contributed by atoms with Crippen molar-refractivity contribution in [1.29, 1.82) is 0 Å². The molecule has 0 aliphatic heterocycles. The third kappa shape index (κ3) is 3.40.